The van der Waals surface area contributed by atoms with Crippen LogP contribution in [0.2, 0.25) is 0 Å². The lowest BCUT2D eigenvalue weighted by Crippen LogP contribution is -1.97. The van der Waals surface area contributed by atoms with E-state index in [2.05, 4.69) is 22.0 Å². The van der Waals surface area contributed by atoms with Crippen LogP contribution in [0.1, 0.15) is 20.3 Å². The molecule has 0 heterocycles. The third kappa shape index (κ3) is 5.70. The second-order valence-electron chi connectivity index (χ2n) is 2.60. The first-order valence-corrected chi connectivity index (χ1v) is 6.56. The summed E-state index contributed by atoms with van der Waals surface area (Å²) in [6.45, 7) is 1.70. The van der Waals surface area contributed by atoms with E-state index >= 15 is 0 Å². The smallest absolute Gasteiger partial charge is 0.307 e. The van der Waals surface area contributed by atoms with Gasteiger partial charge in [-0.1, -0.05) is 13.8 Å². The fourth-order valence-electron chi connectivity index (χ4n) is 0.451. The Hall–Kier alpha value is 1.11. The summed E-state index contributed by atoms with van der Waals surface area (Å²) >= 11 is 14.8. The Morgan fingerprint density at radius 1 is 1.33 bits per heavy atom. The van der Waals surface area contributed by atoms with Crippen LogP contribution in [0.4, 0.5) is 0 Å². The second-order valence-corrected chi connectivity index (χ2v) is 6.20. The fourth-order valence-corrected chi connectivity index (χ4v) is 1.60. The van der Waals surface area contributed by atoms with Crippen LogP contribution < -0.4 is 0 Å². The van der Waals surface area contributed by atoms with E-state index in [-0.39, 0.29) is 0 Å². The number of hydrogen-bond acceptors (Lipinski definition) is 4. The molecular formula is C5H11Cl2O3PS. The van der Waals surface area contributed by atoms with E-state index in [9.17, 15) is 0 Å². The molecule has 0 saturated heterocycles. The van der Waals surface area contributed by atoms with Gasteiger partial charge in [0.2, 0.25) is 0 Å². The Morgan fingerprint density at radius 2 is 1.83 bits per heavy atom. The predicted octanol–water partition coefficient (Wildman–Crippen LogP) is 3.61. The zero-order valence-electron chi connectivity index (χ0n) is 6.83. The molecule has 3 nitrogen and oxygen atoms in total. The molecule has 74 valence electrons. The van der Waals surface area contributed by atoms with Crippen molar-refractivity contribution in [1.82, 2.24) is 0 Å². The maximum absolute atomic E-state index is 5.06. The predicted molar refractivity (Wildman–Crippen MR) is 53.6 cm³/mol. The normalized spacial score (nSPS) is 12.4. The minimum atomic E-state index is -2.87. The molecule has 0 aromatic rings. The standard InChI is InChI=1S/C5H11Cl2O3PS/c1-5(2)3-4-8-11(12,9-6)10-7/h5H,3-4H2,1-2H3. The van der Waals surface area contributed by atoms with Crippen molar-refractivity contribution >= 4 is 42.3 Å². The van der Waals surface area contributed by atoms with Crippen molar-refractivity contribution in [2.45, 2.75) is 20.3 Å². The minimum absolute atomic E-state index is 0.439. The maximum atomic E-state index is 5.06. The van der Waals surface area contributed by atoms with Gasteiger partial charge in [0.1, 0.15) is 0 Å². The van der Waals surface area contributed by atoms with Gasteiger partial charge in [-0.25, -0.2) is 0 Å². The summed E-state index contributed by atoms with van der Waals surface area (Å²) in [5.74, 6) is 0.527. The van der Waals surface area contributed by atoms with Crippen molar-refractivity contribution in [1.29, 1.82) is 0 Å². The third-order valence-electron chi connectivity index (χ3n) is 1.11. The summed E-state index contributed by atoms with van der Waals surface area (Å²) in [6, 6.07) is 0. The highest BCUT2D eigenvalue weighted by Crippen LogP contribution is 2.52. The molecule has 0 aliphatic rings. The molecule has 0 fully saturated rings. The van der Waals surface area contributed by atoms with Crippen LogP contribution in [0.15, 0.2) is 0 Å². The highest BCUT2D eigenvalue weighted by atomic mass is 35.5. The number of rotatable bonds is 6. The quantitative estimate of drug-likeness (QED) is 0.676. The first-order chi connectivity index (χ1) is 5.54. The van der Waals surface area contributed by atoms with E-state index in [0.29, 0.717) is 12.5 Å². The van der Waals surface area contributed by atoms with Gasteiger partial charge in [-0.15, -0.1) is 0 Å². The summed E-state index contributed by atoms with van der Waals surface area (Å²) < 4.78 is 13.6. The van der Waals surface area contributed by atoms with Gasteiger partial charge in [-0.3, -0.25) is 0 Å². The Morgan fingerprint density at radius 3 is 2.17 bits per heavy atom. The molecule has 0 unspecified atom stereocenters. The zero-order valence-corrected chi connectivity index (χ0v) is 10.1. The average Bonchev–Trinajstić information content (AvgIpc) is 2.03. The lowest BCUT2D eigenvalue weighted by molar-refractivity contribution is 0.254. The number of hydrogen-bond donors (Lipinski definition) is 0. The van der Waals surface area contributed by atoms with Gasteiger partial charge in [0.15, 0.2) is 0 Å². The van der Waals surface area contributed by atoms with Gasteiger partial charge in [0, 0.05) is 0 Å². The fraction of sp³-hybridized carbons (Fsp3) is 1.00. The maximum Gasteiger partial charge on any atom is 0.360 e. The molecule has 0 amide bonds. The van der Waals surface area contributed by atoms with E-state index in [1.54, 1.807) is 0 Å². The van der Waals surface area contributed by atoms with Crippen LogP contribution in [0, 0.1) is 5.92 Å². The lowest BCUT2D eigenvalue weighted by Gasteiger charge is -2.13. The monoisotopic (exact) mass is 252 g/mol. The van der Waals surface area contributed by atoms with Gasteiger partial charge < -0.3 is 4.52 Å². The molecule has 0 saturated carbocycles. The SMILES string of the molecule is CC(C)CCOP(=S)(OCl)OCl. The Bertz CT molecular complexity index is 159. The van der Waals surface area contributed by atoms with Crippen LogP contribution in [0.25, 0.3) is 0 Å². The molecule has 0 radical (unpaired) electrons. The summed E-state index contributed by atoms with van der Waals surface area (Å²) in [5, 5.41) is 0. The Labute approximate surface area is 87.9 Å². The molecule has 12 heavy (non-hydrogen) atoms. The van der Waals surface area contributed by atoms with Crippen LogP contribution in [0.5, 0.6) is 0 Å². The summed E-state index contributed by atoms with van der Waals surface area (Å²) in [4.78, 5) is 0. The first kappa shape index (κ1) is 13.1. The van der Waals surface area contributed by atoms with E-state index in [0.717, 1.165) is 6.42 Å². The first-order valence-electron chi connectivity index (χ1n) is 3.39. The molecule has 0 rings (SSSR count). The van der Waals surface area contributed by atoms with Crippen LogP contribution >= 0.6 is 30.5 Å². The molecule has 0 aliphatic heterocycles. The largest absolute Gasteiger partial charge is 0.360 e. The van der Waals surface area contributed by atoms with E-state index < -0.39 is 6.72 Å². The summed E-state index contributed by atoms with van der Waals surface area (Å²) in [6.07, 6.45) is 0.860. The molecule has 0 bridgehead atoms. The zero-order chi connectivity index (χ0) is 9.61. The molecule has 0 aliphatic carbocycles. The highest BCUT2D eigenvalue weighted by molar-refractivity contribution is 8.08. The molecule has 0 spiro atoms. The van der Waals surface area contributed by atoms with Crippen LogP contribution in [0.3, 0.4) is 0 Å². The van der Waals surface area contributed by atoms with Crippen molar-refractivity contribution in [3.8, 4) is 0 Å². The minimum Gasteiger partial charge on any atom is -0.307 e. The molecule has 0 aromatic heterocycles. The Kier molecular flexibility index (Phi) is 7.15. The van der Waals surface area contributed by atoms with Crippen molar-refractivity contribution in [3.63, 3.8) is 0 Å². The molecule has 0 aromatic carbocycles. The van der Waals surface area contributed by atoms with Gasteiger partial charge in [0.05, 0.1) is 30.3 Å². The molecule has 0 N–H and O–H groups in total. The van der Waals surface area contributed by atoms with E-state index in [4.69, 9.17) is 40.1 Å². The van der Waals surface area contributed by atoms with E-state index in [1.807, 2.05) is 0 Å². The van der Waals surface area contributed by atoms with E-state index in [1.165, 1.54) is 0 Å². The van der Waals surface area contributed by atoms with Crippen molar-refractivity contribution in [2.24, 2.45) is 5.92 Å². The van der Waals surface area contributed by atoms with Crippen molar-refractivity contribution in [2.75, 3.05) is 6.61 Å². The van der Waals surface area contributed by atoms with Crippen molar-refractivity contribution < 1.29 is 12.7 Å². The summed E-state index contributed by atoms with van der Waals surface area (Å²) in [7, 11) is 0. The molecular weight excluding hydrogens is 242 g/mol. The van der Waals surface area contributed by atoms with Crippen LogP contribution in [-0.4, -0.2) is 6.61 Å². The summed E-state index contributed by atoms with van der Waals surface area (Å²) in [5.41, 5.74) is 0. The number of halogens is 2. The Balaban J connectivity index is 3.67. The van der Waals surface area contributed by atoms with Gasteiger partial charge in [-0.2, -0.15) is 8.15 Å². The topological polar surface area (TPSA) is 27.7 Å². The highest BCUT2D eigenvalue weighted by Gasteiger charge is 2.19. The molecule has 0 atom stereocenters. The lowest BCUT2D eigenvalue weighted by atomic mass is 10.2. The van der Waals surface area contributed by atoms with Crippen LogP contribution in [-0.2, 0) is 24.5 Å². The third-order valence-corrected chi connectivity index (χ3v) is 4.30. The second kappa shape index (κ2) is 6.55. The average molecular weight is 253 g/mol. The van der Waals surface area contributed by atoms with Gasteiger partial charge in [0.25, 0.3) is 0 Å². The van der Waals surface area contributed by atoms with Gasteiger partial charge >= 0.3 is 6.72 Å². The molecule has 7 heteroatoms. The van der Waals surface area contributed by atoms with Gasteiger partial charge in [-0.05, 0) is 24.1 Å². The van der Waals surface area contributed by atoms with Crippen molar-refractivity contribution in [3.05, 3.63) is 0 Å².